The highest BCUT2D eigenvalue weighted by Gasteiger charge is 2.07. The van der Waals surface area contributed by atoms with E-state index < -0.39 is 16.1 Å². The molecule has 0 bridgehead atoms. The minimum atomic E-state index is -1.32. The lowest BCUT2D eigenvalue weighted by Gasteiger charge is -2.01. The standard InChI is InChI=1S/C30H34Si2/c1-27(17-11-9-15-25-31(3,4)5)21-23-29-19-13-14-20-30(29)24-22-28(2)18-12-10-16-26-32(6,7)8/h9-14,17-20H,1-8H3/b11-9-,12-10-,27-17-,28-18-. The first-order valence-electron chi connectivity index (χ1n) is 10.8. The van der Waals surface area contributed by atoms with Gasteiger partial charge in [0.05, 0.1) is 0 Å². The van der Waals surface area contributed by atoms with Crippen LogP contribution >= 0.6 is 0 Å². The summed E-state index contributed by atoms with van der Waals surface area (Å²) >= 11 is 0. The van der Waals surface area contributed by atoms with Crippen molar-refractivity contribution in [3.05, 3.63) is 83.0 Å². The average Bonchev–Trinajstić information content (AvgIpc) is 2.69. The quantitative estimate of drug-likeness (QED) is 0.255. The summed E-state index contributed by atoms with van der Waals surface area (Å²) in [5, 5.41) is 0. The zero-order valence-corrected chi connectivity index (χ0v) is 22.8. The molecule has 1 rings (SSSR count). The molecule has 32 heavy (non-hydrogen) atoms. The Bertz CT molecular complexity index is 1060. The predicted octanol–water partition coefficient (Wildman–Crippen LogP) is 7.16. The average molecular weight is 451 g/mol. The highest BCUT2D eigenvalue weighted by atomic mass is 28.3. The Morgan fingerprint density at radius 2 is 1.03 bits per heavy atom. The largest absolute Gasteiger partial charge is 0.129 e. The Morgan fingerprint density at radius 3 is 1.38 bits per heavy atom. The summed E-state index contributed by atoms with van der Waals surface area (Å²) in [4.78, 5) is 0. The summed E-state index contributed by atoms with van der Waals surface area (Å²) in [6.07, 6.45) is 11.7. The number of rotatable bonds is 2. The third-order valence-corrected chi connectivity index (χ3v) is 5.45. The van der Waals surface area contributed by atoms with Crippen LogP contribution in [0, 0.1) is 46.6 Å². The minimum Gasteiger partial charge on any atom is -0.127 e. The third-order valence-electron chi connectivity index (χ3n) is 3.66. The van der Waals surface area contributed by atoms with Crippen LogP contribution in [0.2, 0.25) is 39.3 Å². The van der Waals surface area contributed by atoms with Crippen molar-refractivity contribution in [1.82, 2.24) is 0 Å². The third kappa shape index (κ3) is 14.0. The van der Waals surface area contributed by atoms with Gasteiger partial charge in [-0.05, 0) is 49.3 Å². The van der Waals surface area contributed by atoms with E-state index in [0.29, 0.717) is 0 Å². The lowest BCUT2D eigenvalue weighted by molar-refractivity contribution is 1.54. The molecule has 0 saturated carbocycles. The highest BCUT2D eigenvalue weighted by Crippen LogP contribution is 2.07. The highest BCUT2D eigenvalue weighted by molar-refractivity contribution is 6.84. The lowest BCUT2D eigenvalue weighted by Crippen LogP contribution is -2.16. The van der Waals surface area contributed by atoms with Crippen LogP contribution in [0.5, 0.6) is 0 Å². The first kappa shape index (κ1) is 26.9. The van der Waals surface area contributed by atoms with Gasteiger partial charge in [0.2, 0.25) is 0 Å². The molecule has 0 aromatic heterocycles. The normalized spacial score (nSPS) is 12.1. The van der Waals surface area contributed by atoms with E-state index >= 15 is 0 Å². The molecular formula is C30H34Si2. The first-order valence-corrected chi connectivity index (χ1v) is 17.8. The number of benzene rings is 1. The van der Waals surface area contributed by atoms with Crippen molar-refractivity contribution in [3.63, 3.8) is 0 Å². The second kappa shape index (κ2) is 13.3. The molecule has 0 nitrogen and oxygen atoms in total. The smallest absolute Gasteiger partial charge is 0.127 e. The molecule has 0 atom stereocenters. The van der Waals surface area contributed by atoms with Crippen LogP contribution in [0.3, 0.4) is 0 Å². The summed E-state index contributed by atoms with van der Waals surface area (Å²) in [6.45, 7) is 17.4. The summed E-state index contributed by atoms with van der Waals surface area (Å²) in [7, 11) is -2.64. The Morgan fingerprint density at radius 1 is 0.656 bits per heavy atom. The Kier molecular flexibility index (Phi) is 11.2. The van der Waals surface area contributed by atoms with Gasteiger partial charge in [0, 0.05) is 11.1 Å². The first-order chi connectivity index (χ1) is 15.0. The molecule has 0 N–H and O–H groups in total. The zero-order valence-electron chi connectivity index (χ0n) is 20.8. The molecule has 0 spiro atoms. The SMILES string of the molecule is C/C(C#Cc1ccccc1C#C/C(C)=C\C=C/C#C[Si](C)(C)C)=C/C=C\C#C[Si](C)(C)C. The van der Waals surface area contributed by atoms with Crippen LogP contribution in [-0.4, -0.2) is 16.1 Å². The van der Waals surface area contributed by atoms with E-state index in [0.717, 1.165) is 22.3 Å². The van der Waals surface area contributed by atoms with Crippen molar-refractivity contribution in [2.24, 2.45) is 0 Å². The van der Waals surface area contributed by atoms with Gasteiger partial charge in [-0.15, -0.1) is 11.1 Å². The molecule has 0 aliphatic carbocycles. The number of allylic oxidation sites excluding steroid dienone is 8. The number of hydrogen-bond acceptors (Lipinski definition) is 0. The Hall–Kier alpha value is -3.15. The molecule has 0 saturated heterocycles. The van der Waals surface area contributed by atoms with E-state index in [9.17, 15) is 0 Å². The van der Waals surface area contributed by atoms with Gasteiger partial charge in [-0.25, -0.2) is 0 Å². The summed E-state index contributed by atoms with van der Waals surface area (Å²) in [6, 6.07) is 7.99. The Balaban J connectivity index is 2.93. The van der Waals surface area contributed by atoms with Gasteiger partial charge in [-0.2, -0.15) is 0 Å². The van der Waals surface area contributed by atoms with Gasteiger partial charge in [0.1, 0.15) is 16.1 Å². The van der Waals surface area contributed by atoms with Crippen molar-refractivity contribution in [1.29, 1.82) is 0 Å². The van der Waals surface area contributed by atoms with Crippen LogP contribution in [0.4, 0.5) is 0 Å². The maximum absolute atomic E-state index is 3.32. The van der Waals surface area contributed by atoms with Gasteiger partial charge >= 0.3 is 0 Å². The van der Waals surface area contributed by atoms with E-state index in [1.54, 1.807) is 0 Å². The molecular weight excluding hydrogens is 417 g/mol. The van der Waals surface area contributed by atoms with Crippen LogP contribution in [0.1, 0.15) is 25.0 Å². The van der Waals surface area contributed by atoms with Crippen molar-refractivity contribution >= 4 is 16.1 Å². The van der Waals surface area contributed by atoms with Crippen LogP contribution in [-0.2, 0) is 0 Å². The van der Waals surface area contributed by atoms with E-state index in [-0.39, 0.29) is 0 Å². The minimum absolute atomic E-state index is 0.930. The molecule has 0 aliphatic heterocycles. The van der Waals surface area contributed by atoms with Crippen LogP contribution in [0.15, 0.2) is 71.9 Å². The molecule has 1 aromatic carbocycles. The molecule has 162 valence electrons. The van der Waals surface area contributed by atoms with Gasteiger partial charge in [0.15, 0.2) is 0 Å². The number of hydrogen-bond donors (Lipinski definition) is 0. The van der Waals surface area contributed by atoms with Gasteiger partial charge in [0.25, 0.3) is 0 Å². The molecule has 0 amide bonds. The van der Waals surface area contributed by atoms with E-state index in [1.807, 2.05) is 74.6 Å². The summed E-state index contributed by atoms with van der Waals surface area (Å²) in [5.74, 6) is 19.2. The lowest BCUT2D eigenvalue weighted by atomic mass is 10.1. The van der Waals surface area contributed by atoms with E-state index in [1.165, 1.54) is 0 Å². The molecule has 1 aromatic rings. The van der Waals surface area contributed by atoms with Crippen LogP contribution < -0.4 is 0 Å². The van der Waals surface area contributed by atoms with Gasteiger partial charge < -0.3 is 0 Å². The second-order valence-corrected chi connectivity index (χ2v) is 19.0. The van der Waals surface area contributed by atoms with E-state index in [2.05, 4.69) is 85.9 Å². The Labute approximate surface area is 198 Å². The van der Waals surface area contributed by atoms with Gasteiger partial charge in [-0.1, -0.05) is 111 Å². The molecule has 0 aliphatic rings. The molecule has 0 radical (unpaired) electrons. The van der Waals surface area contributed by atoms with Crippen molar-refractivity contribution in [3.8, 4) is 46.6 Å². The topological polar surface area (TPSA) is 0 Å². The van der Waals surface area contributed by atoms with Crippen molar-refractivity contribution in [2.45, 2.75) is 53.1 Å². The summed E-state index contributed by atoms with van der Waals surface area (Å²) < 4.78 is 0. The maximum atomic E-state index is 3.32. The fourth-order valence-corrected chi connectivity index (χ4v) is 3.15. The van der Waals surface area contributed by atoms with Crippen LogP contribution in [0.25, 0.3) is 0 Å². The molecule has 0 heterocycles. The monoisotopic (exact) mass is 450 g/mol. The zero-order chi connectivity index (χ0) is 24.0. The maximum Gasteiger partial charge on any atom is 0.129 e. The fourth-order valence-electron chi connectivity index (χ4n) is 2.11. The van der Waals surface area contributed by atoms with Crippen molar-refractivity contribution < 1.29 is 0 Å². The molecule has 0 fully saturated rings. The fraction of sp³-hybridized carbons (Fsp3) is 0.267. The van der Waals surface area contributed by atoms with E-state index in [4.69, 9.17) is 0 Å². The van der Waals surface area contributed by atoms with Crippen molar-refractivity contribution in [2.75, 3.05) is 0 Å². The summed E-state index contributed by atoms with van der Waals surface area (Å²) in [5.41, 5.74) is 10.5. The second-order valence-electron chi connectivity index (χ2n) is 9.50. The molecule has 2 heteroatoms. The molecule has 0 unspecified atom stereocenters. The predicted molar refractivity (Wildman–Crippen MR) is 148 cm³/mol. The van der Waals surface area contributed by atoms with Gasteiger partial charge in [-0.3, -0.25) is 0 Å².